The second-order valence-electron chi connectivity index (χ2n) is 6.75. The number of nitrogens with one attached hydrogen (secondary N) is 2. The second-order valence-corrected chi connectivity index (χ2v) is 8.51. The minimum Gasteiger partial charge on any atom is -0.325 e. The van der Waals surface area contributed by atoms with Gasteiger partial charge in [-0.25, -0.2) is 0 Å². The average molecular weight is 403 g/mol. The molecule has 0 aromatic heterocycles. The minimum absolute atomic E-state index is 0.287. The number of nitriles is 2. The summed E-state index contributed by atoms with van der Waals surface area (Å²) in [6.07, 6.45) is 0. The largest absolute Gasteiger partial charge is 0.325 e. The number of nitrogens with zero attached hydrogens (tertiary/aromatic N) is 2. The van der Waals surface area contributed by atoms with Gasteiger partial charge in [-0.2, -0.15) is 10.5 Å². The zero-order valence-electron chi connectivity index (χ0n) is 15.4. The molecule has 1 aromatic carbocycles. The van der Waals surface area contributed by atoms with Crippen LogP contribution in [-0.2, 0) is 9.59 Å². The first-order valence-electron chi connectivity index (χ1n) is 8.21. The van der Waals surface area contributed by atoms with E-state index < -0.39 is 22.5 Å². The van der Waals surface area contributed by atoms with E-state index in [0.717, 1.165) is 17.3 Å². The maximum absolute atomic E-state index is 12.6. The Labute approximate surface area is 167 Å². The molecule has 1 aromatic rings. The van der Waals surface area contributed by atoms with Crippen molar-refractivity contribution in [3.8, 4) is 12.1 Å². The Bertz CT molecular complexity index is 911. The molecule has 2 N–H and O–H groups in total. The topological polar surface area (TPSA) is 106 Å². The Balaban J connectivity index is 2.24. The van der Waals surface area contributed by atoms with E-state index >= 15 is 0 Å². The van der Waals surface area contributed by atoms with Gasteiger partial charge in [0.15, 0.2) is 0 Å². The first kappa shape index (κ1) is 20.8. The molecule has 0 radical (unpaired) electrons. The van der Waals surface area contributed by atoms with Crippen molar-refractivity contribution in [2.24, 2.45) is 11.3 Å². The van der Waals surface area contributed by atoms with Crippen LogP contribution in [0.15, 0.2) is 28.8 Å². The third kappa shape index (κ3) is 4.10. The summed E-state index contributed by atoms with van der Waals surface area (Å²) in [7, 11) is 0. The highest BCUT2D eigenvalue weighted by atomic mass is 35.5. The fraction of sp³-hybridized carbons (Fsp3) is 0.368. The highest BCUT2D eigenvalue weighted by Gasteiger charge is 2.45. The van der Waals surface area contributed by atoms with Crippen molar-refractivity contribution in [2.45, 2.75) is 32.9 Å². The number of amides is 2. The quantitative estimate of drug-likeness (QED) is 0.797. The maximum atomic E-state index is 12.6. The molecule has 1 heterocycles. The van der Waals surface area contributed by atoms with Crippen molar-refractivity contribution < 1.29 is 9.59 Å². The standard InChI is InChI=1S/C19H19ClN4O2S/c1-10-14(20)6-5-7-15(10)23-16(25)11(2)27-18-13(9-22)19(3,4)12(8-21)17(26)24-18/h5-7,11-12H,1-4H3,(H,23,25)(H,24,26)/t11-,12+/m0/s1. The fourth-order valence-electron chi connectivity index (χ4n) is 2.72. The summed E-state index contributed by atoms with van der Waals surface area (Å²) in [6, 6.07) is 9.26. The summed E-state index contributed by atoms with van der Waals surface area (Å²) in [5.41, 5.74) is 0.711. The lowest BCUT2D eigenvalue weighted by atomic mass is 9.72. The number of halogens is 1. The lowest BCUT2D eigenvalue weighted by Crippen LogP contribution is -2.45. The maximum Gasteiger partial charge on any atom is 0.243 e. The summed E-state index contributed by atoms with van der Waals surface area (Å²) in [5, 5.41) is 24.5. The van der Waals surface area contributed by atoms with Gasteiger partial charge in [0.25, 0.3) is 0 Å². The molecule has 27 heavy (non-hydrogen) atoms. The molecule has 0 saturated carbocycles. The number of hydrogen-bond acceptors (Lipinski definition) is 5. The summed E-state index contributed by atoms with van der Waals surface area (Å²) >= 11 is 7.15. The summed E-state index contributed by atoms with van der Waals surface area (Å²) in [5.74, 6) is -1.72. The first-order chi connectivity index (χ1) is 12.6. The van der Waals surface area contributed by atoms with Crippen LogP contribution in [0.3, 0.4) is 0 Å². The summed E-state index contributed by atoms with van der Waals surface area (Å²) < 4.78 is 0. The number of benzene rings is 1. The van der Waals surface area contributed by atoms with Gasteiger partial charge in [0.1, 0.15) is 5.92 Å². The van der Waals surface area contributed by atoms with Crippen LogP contribution in [0.5, 0.6) is 0 Å². The summed E-state index contributed by atoms with van der Waals surface area (Å²) in [4.78, 5) is 24.8. The molecular weight excluding hydrogens is 384 g/mol. The van der Waals surface area contributed by atoms with Gasteiger partial charge in [-0.1, -0.05) is 43.3 Å². The van der Waals surface area contributed by atoms with Gasteiger partial charge in [-0.3, -0.25) is 9.59 Å². The van der Waals surface area contributed by atoms with Crippen LogP contribution in [0, 0.1) is 40.9 Å². The molecule has 2 atom stereocenters. The molecule has 2 amide bonds. The van der Waals surface area contributed by atoms with E-state index in [1.165, 1.54) is 0 Å². The summed E-state index contributed by atoms with van der Waals surface area (Å²) in [6.45, 7) is 6.84. The number of hydrogen-bond donors (Lipinski definition) is 2. The monoisotopic (exact) mass is 402 g/mol. The van der Waals surface area contributed by atoms with Gasteiger partial charge >= 0.3 is 0 Å². The van der Waals surface area contributed by atoms with E-state index in [4.69, 9.17) is 11.6 Å². The zero-order chi connectivity index (χ0) is 20.4. The fourth-order valence-corrected chi connectivity index (χ4v) is 4.00. The molecule has 0 bridgehead atoms. The lowest BCUT2D eigenvalue weighted by Gasteiger charge is -2.35. The average Bonchev–Trinajstić information content (AvgIpc) is 2.58. The molecule has 0 fully saturated rings. The number of rotatable bonds is 4. The van der Waals surface area contributed by atoms with Crippen LogP contribution in [0.4, 0.5) is 5.69 Å². The van der Waals surface area contributed by atoms with Crippen molar-refractivity contribution in [1.82, 2.24) is 5.32 Å². The van der Waals surface area contributed by atoms with Crippen molar-refractivity contribution in [3.05, 3.63) is 39.4 Å². The van der Waals surface area contributed by atoms with E-state index in [-0.39, 0.29) is 11.5 Å². The van der Waals surface area contributed by atoms with Crippen molar-refractivity contribution in [1.29, 1.82) is 10.5 Å². The number of anilines is 1. The molecule has 2 rings (SSSR count). The Morgan fingerprint density at radius 3 is 2.67 bits per heavy atom. The smallest absolute Gasteiger partial charge is 0.243 e. The molecule has 6 nitrogen and oxygen atoms in total. The van der Waals surface area contributed by atoms with E-state index in [9.17, 15) is 20.1 Å². The minimum atomic E-state index is -0.963. The number of carbonyl (C=O) groups is 2. The SMILES string of the molecule is Cc1c(Cl)cccc1NC(=O)[C@H](C)SC1=C(C#N)C(C)(C)[C@H](C#N)C(=O)N1. The Morgan fingerprint density at radius 2 is 2.07 bits per heavy atom. The molecule has 1 aliphatic rings. The molecule has 140 valence electrons. The van der Waals surface area contributed by atoms with Crippen LogP contribution < -0.4 is 10.6 Å². The third-order valence-electron chi connectivity index (χ3n) is 4.52. The zero-order valence-corrected chi connectivity index (χ0v) is 17.0. The van der Waals surface area contributed by atoms with Gasteiger partial charge in [0, 0.05) is 16.1 Å². The highest BCUT2D eigenvalue weighted by molar-refractivity contribution is 8.04. The number of carbonyl (C=O) groups excluding carboxylic acids is 2. The van der Waals surface area contributed by atoms with Crippen molar-refractivity contribution >= 4 is 40.9 Å². The third-order valence-corrected chi connectivity index (χ3v) is 6.04. The van der Waals surface area contributed by atoms with E-state index in [2.05, 4.69) is 16.7 Å². The van der Waals surface area contributed by atoms with Crippen LogP contribution >= 0.6 is 23.4 Å². The molecule has 0 aliphatic carbocycles. The second kappa shape index (κ2) is 8.04. The molecule has 0 spiro atoms. The predicted molar refractivity (Wildman–Crippen MR) is 106 cm³/mol. The normalized spacial score (nSPS) is 19.5. The predicted octanol–water partition coefficient (Wildman–Crippen LogP) is 3.74. The van der Waals surface area contributed by atoms with Crippen LogP contribution in [0.2, 0.25) is 5.02 Å². The van der Waals surface area contributed by atoms with Crippen LogP contribution in [0.1, 0.15) is 26.3 Å². The first-order valence-corrected chi connectivity index (χ1v) is 9.47. The van der Waals surface area contributed by atoms with Gasteiger partial charge in [0.2, 0.25) is 11.8 Å². The molecule has 0 saturated heterocycles. The van der Waals surface area contributed by atoms with E-state index in [0.29, 0.717) is 15.7 Å². The molecule has 1 aliphatic heterocycles. The number of allylic oxidation sites excluding steroid dienone is 1. The van der Waals surface area contributed by atoms with Gasteiger partial charge < -0.3 is 10.6 Å². The van der Waals surface area contributed by atoms with Crippen molar-refractivity contribution in [2.75, 3.05) is 5.32 Å². The molecule has 8 heteroatoms. The highest BCUT2D eigenvalue weighted by Crippen LogP contribution is 2.42. The van der Waals surface area contributed by atoms with Crippen LogP contribution in [-0.4, -0.2) is 17.1 Å². The van der Waals surface area contributed by atoms with Gasteiger partial charge in [-0.05, 0) is 31.5 Å². The van der Waals surface area contributed by atoms with Gasteiger partial charge in [-0.15, -0.1) is 0 Å². The van der Waals surface area contributed by atoms with Crippen molar-refractivity contribution in [3.63, 3.8) is 0 Å². The van der Waals surface area contributed by atoms with E-state index in [1.54, 1.807) is 45.9 Å². The molecular formula is C19H19ClN4O2S. The Hall–Kier alpha value is -2.48. The Morgan fingerprint density at radius 1 is 1.41 bits per heavy atom. The lowest BCUT2D eigenvalue weighted by molar-refractivity contribution is -0.125. The van der Waals surface area contributed by atoms with Gasteiger partial charge in [0.05, 0.1) is 28.0 Å². The van der Waals surface area contributed by atoms with Crippen LogP contribution in [0.25, 0.3) is 0 Å². The number of thioether (sulfide) groups is 1. The Kier molecular flexibility index (Phi) is 6.20. The van der Waals surface area contributed by atoms with E-state index in [1.807, 2.05) is 6.07 Å². The molecule has 0 unspecified atom stereocenters.